The molecule has 100 valence electrons. The first-order chi connectivity index (χ1) is 8.99. The number of carbonyl (C=O) groups is 2. The Balaban J connectivity index is 2.34. The average molecular weight is 263 g/mol. The van der Waals surface area contributed by atoms with Crippen LogP contribution in [0.3, 0.4) is 0 Å². The van der Waals surface area contributed by atoms with Gasteiger partial charge in [-0.1, -0.05) is 6.07 Å². The number of amides is 1. The lowest BCUT2D eigenvalue weighted by molar-refractivity contribution is -0.137. The first-order valence-corrected chi connectivity index (χ1v) is 5.92. The predicted octanol–water partition coefficient (Wildman–Crippen LogP) is -0.120. The Kier molecular flexibility index (Phi) is 3.87. The number of hydrogen-bond donors (Lipinski definition) is 3. The van der Waals surface area contributed by atoms with E-state index in [2.05, 4.69) is 5.32 Å². The monoisotopic (exact) mass is 263 g/mol. The number of aryl methyl sites for hydroxylation is 1. The highest BCUT2D eigenvalue weighted by atomic mass is 16.5. The van der Waals surface area contributed by atoms with E-state index in [4.69, 9.17) is 9.76 Å². The van der Waals surface area contributed by atoms with E-state index in [1.165, 1.54) is 6.92 Å². The smallest absolute Gasteiger partial charge is 0.481 e. The number of nitrogens with one attached hydrogen (secondary N) is 1. The van der Waals surface area contributed by atoms with Gasteiger partial charge < -0.3 is 20.1 Å². The molecule has 1 aliphatic heterocycles. The summed E-state index contributed by atoms with van der Waals surface area (Å²) in [4.78, 5) is 21.7. The molecule has 0 atom stereocenters. The second-order valence-electron chi connectivity index (χ2n) is 4.40. The highest BCUT2D eigenvalue weighted by Crippen LogP contribution is 2.23. The van der Waals surface area contributed by atoms with Crippen molar-refractivity contribution in [2.45, 2.75) is 26.4 Å². The molecule has 0 spiro atoms. The highest BCUT2D eigenvalue weighted by molar-refractivity contribution is 6.62. The summed E-state index contributed by atoms with van der Waals surface area (Å²) in [6, 6.07) is 3.42. The van der Waals surface area contributed by atoms with Gasteiger partial charge in [0.05, 0.1) is 6.61 Å². The van der Waals surface area contributed by atoms with E-state index in [0.29, 0.717) is 23.1 Å². The second kappa shape index (κ2) is 5.42. The molecule has 0 saturated heterocycles. The summed E-state index contributed by atoms with van der Waals surface area (Å²) in [5, 5.41) is 21.2. The number of benzene rings is 1. The number of anilines is 1. The largest absolute Gasteiger partial charge is 0.492 e. The summed E-state index contributed by atoms with van der Waals surface area (Å²) in [6.07, 6.45) is 0.303. The van der Waals surface area contributed by atoms with Gasteiger partial charge in [0.2, 0.25) is 5.91 Å². The lowest BCUT2D eigenvalue weighted by Crippen LogP contribution is -2.32. The third-order valence-corrected chi connectivity index (χ3v) is 3.00. The molecule has 7 heteroatoms. The summed E-state index contributed by atoms with van der Waals surface area (Å²) in [6.45, 7) is 1.60. The van der Waals surface area contributed by atoms with Gasteiger partial charge in [0.15, 0.2) is 0 Å². The van der Waals surface area contributed by atoms with Crippen LogP contribution >= 0.6 is 0 Å². The molecule has 1 amide bonds. The molecule has 0 radical (unpaired) electrons. The number of rotatable bonds is 4. The molecule has 1 aliphatic rings. The molecular formula is C12H14BNO5. The second-order valence-corrected chi connectivity index (χ2v) is 4.40. The van der Waals surface area contributed by atoms with Crippen LogP contribution < -0.4 is 10.8 Å². The Morgan fingerprint density at radius 3 is 2.84 bits per heavy atom. The van der Waals surface area contributed by atoms with Crippen molar-refractivity contribution in [1.29, 1.82) is 0 Å². The van der Waals surface area contributed by atoms with Crippen LogP contribution in [0.15, 0.2) is 12.1 Å². The first-order valence-electron chi connectivity index (χ1n) is 5.92. The van der Waals surface area contributed by atoms with Crippen molar-refractivity contribution < 1.29 is 24.4 Å². The number of hydrogen-bond acceptors (Lipinski definition) is 4. The molecule has 0 aromatic heterocycles. The SMILES string of the molecule is CC(=O)Nc1ccc(CCC(=O)O)c2c1COB2O. The maximum atomic E-state index is 11.1. The first kappa shape index (κ1) is 13.6. The lowest BCUT2D eigenvalue weighted by Gasteiger charge is -2.12. The lowest BCUT2D eigenvalue weighted by atomic mass is 9.75. The van der Waals surface area contributed by atoms with E-state index >= 15 is 0 Å². The van der Waals surface area contributed by atoms with Crippen molar-refractivity contribution in [2.75, 3.05) is 5.32 Å². The van der Waals surface area contributed by atoms with Crippen LogP contribution in [-0.4, -0.2) is 29.1 Å². The van der Waals surface area contributed by atoms with Crippen LogP contribution in [0, 0.1) is 0 Å². The molecule has 1 aromatic rings. The molecule has 19 heavy (non-hydrogen) atoms. The summed E-state index contributed by atoms with van der Waals surface area (Å²) < 4.78 is 5.15. The van der Waals surface area contributed by atoms with Crippen molar-refractivity contribution in [1.82, 2.24) is 0 Å². The standard InChI is InChI=1S/C12H14BNO5/c1-7(15)14-10-4-2-8(3-5-11(16)17)12-9(10)6-19-13(12)18/h2,4,18H,3,5-6H2,1H3,(H,14,15)(H,16,17). The van der Waals surface area contributed by atoms with Crippen LogP contribution in [0.5, 0.6) is 0 Å². The van der Waals surface area contributed by atoms with E-state index in [1.54, 1.807) is 12.1 Å². The molecule has 0 aliphatic carbocycles. The number of fused-ring (bicyclic) bond motifs is 1. The van der Waals surface area contributed by atoms with E-state index in [9.17, 15) is 14.6 Å². The Bertz CT molecular complexity index is 531. The normalized spacial score (nSPS) is 13.3. The number of carboxylic acids is 1. The maximum Gasteiger partial charge on any atom is 0.492 e. The molecule has 1 aromatic carbocycles. The van der Waals surface area contributed by atoms with Crippen LogP contribution in [0.2, 0.25) is 0 Å². The zero-order valence-electron chi connectivity index (χ0n) is 10.5. The van der Waals surface area contributed by atoms with E-state index < -0.39 is 13.1 Å². The quantitative estimate of drug-likeness (QED) is 0.658. The summed E-state index contributed by atoms with van der Waals surface area (Å²) in [5.41, 5.74) is 2.62. The van der Waals surface area contributed by atoms with Gasteiger partial charge >= 0.3 is 13.1 Å². The van der Waals surface area contributed by atoms with Gasteiger partial charge in [-0.05, 0) is 29.1 Å². The van der Waals surface area contributed by atoms with Crippen molar-refractivity contribution in [3.05, 3.63) is 23.3 Å². The van der Waals surface area contributed by atoms with Gasteiger partial charge in [-0.15, -0.1) is 0 Å². The highest BCUT2D eigenvalue weighted by Gasteiger charge is 2.32. The summed E-state index contributed by atoms with van der Waals surface area (Å²) in [7, 11) is -1.06. The maximum absolute atomic E-state index is 11.1. The van der Waals surface area contributed by atoms with E-state index in [1.807, 2.05) is 0 Å². The van der Waals surface area contributed by atoms with Crippen LogP contribution in [0.25, 0.3) is 0 Å². The molecule has 0 unspecified atom stereocenters. The molecule has 2 rings (SSSR count). The minimum Gasteiger partial charge on any atom is -0.481 e. The van der Waals surface area contributed by atoms with Crippen molar-refractivity contribution in [3.63, 3.8) is 0 Å². The summed E-state index contributed by atoms with van der Waals surface area (Å²) in [5.74, 6) is -1.10. The zero-order valence-corrected chi connectivity index (χ0v) is 10.5. The molecular weight excluding hydrogens is 249 g/mol. The Morgan fingerprint density at radius 2 is 2.21 bits per heavy atom. The van der Waals surface area contributed by atoms with Crippen molar-refractivity contribution in [2.24, 2.45) is 0 Å². The van der Waals surface area contributed by atoms with Crippen LogP contribution in [0.4, 0.5) is 5.69 Å². The minimum atomic E-state index is -1.06. The Labute approximate surface area is 110 Å². The fourth-order valence-corrected chi connectivity index (χ4v) is 2.19. The van der Waals surface area contributed by atoms with Crippen molar-refractivity contribution in [3.8, 4) is 0 Å². The topological polar surface area (TPSA) is 95.9 Å². The van der Waals surface area contributed by atoms with E-state index in [0.717, 1.165) is 5.56 Å². The van der Waals surface area contributed by atoms with Crippen LogP contribution in [0.1, 0.15) is 24.5 Å². The Morgan fingerprint density at radius 1 is 1.47 bits per heavy atom. The summed E-state index contributed by atoms with van der Waals surface area (Å²) >= 11 is 0. The predicted molar refractivity (Wildman–Crippen MR) is 69.1 cm³/mol. The third kappa shape index (κ3) is 2.94. The average Bonchev–Trinajstić information content (AvgIpc) is 2.71. The Hall–Kier alpha value is -1.86. The van der Waals surface area contributed by atoms with Gasteiger partial charge in [-0.2, -0.15) is 0 Å². The van der Waals surface area contributed by atoms with E-state index in [-0.39, 0.29) is 18.9 Å². The molecule has 6 nitrogen and oxygen atoms in total. The molecule has 0 saturated carbocycles. The number of carbonyl (C=O) groups excluding carboxylic acids is 1. The van der Waals surface area contributed by atoms with Gasteiger partial charge in [0.25, 0.3) is 0 Å². The molecule has 1 heterocycles. The van der Waals surface area contributed by atoms with Crippen molar-refractivity contribution >= 4 is 30.1 Å². The van der Waals surface area contributed by atoms with Gasteiger partial charge in [-0.3, -0.25) is 9.59 Å². The molecule has 3 N–H and O–H groups in total. The third-order valence-electron chi connectivity index (χ3n) is 3.00. The zero-order chi connectivity index (χ0) is 14.0. The number of aliphatic carboxylic acids is 1. The van der Waals surface area contributed by atoms with Gasteiger partial charge in [0, 0.05) is 19.0 Å². The fourth-order valence-electron chi connectivity index (χ4n) is 2.19. The minimum absolute atomic E-state index is 0.0152. The van der Waals surface area contributed by atoms with Crippen LogP contribution in [-0.2, 0) is 27.3 Å². The van der Waals surface area contributed by atoms with Gasteiger partial charge in [0.1, 0.15) is 0 Å². The molecule has 0 fully saturated rings. The fraction of sp³-hybridized carbons (Fsp3) is 0.333. The van der Waals surface area contributed by atoms with Gasteiger partial charge in [-0.25, -0.2) is 0 Å². The molecule has 0 bridgehead atoms. The number of carboxylic acid groups (broad SMARTS) is 1.